The fraction of sp³-hybridized carbons (Fsp3) is 0.250. The second kappa shape index (κ2) is 5.77. The fourth-order valence-corrected chi connectivity index (χ4v) is 3.15. The van der Waals surface area contributed by atoms with Crippen LogP contribution in [0.25, 0.3) is 0 Å². The molecule has 0 fully saturated rings. The molecule has 0 amide bonds. The normalized spacial score (nSPS) is 11.4. The van der Waals surface area contributed by atoms with Crippen LogP contribution in [0.4, 0.5) is 5.69 Å². The largest absolute Gasteiger partial charge is 0.507 e. The Balaban J connectivity index is 2.26. The van der Waals surface area contributed by atoms with Crippen LogP contribution in [0.15, 0.2) is 41.3 Å². The summed E-state index contributed by atoms with van der Waals surface area (Å²) < 4.78 is 23.5. The minimum atomic E-state index is -3.26. The van der Waals surface area contributed by atoms with Gasteiger partial charge in [-0.25, -0.2) is 8.42 Å². The van der Waals surface area contributed by atoms with Gasteiger partial charge in [0.15, 0.2) is 9.84 Å². The molecule has 21 heavy (non-hydrogen) atoms. The van der Waals surface area contributed by atoms with Gasteiger partial charge in [-0.05, 0) is 42.7 Å². The molecule has 0 aliphatic heterocycles. The highest BCUT2D eigenvalue weighted by Crippen LogP contribution is 2.25. The Bertz CT molecular complexity index is 744. The number of anilines is 1. The first-order valence-electron chi connectivity index (χ1n) is 6.61. The van der Waals surface area contributed by atoms with Crippen LogP contribution in [0.5, 0.6) is 5.75 Å². The first-order valence-corrected chi connectivity index (χ1v) is 8.50. The van der Waals surface area contributed by atoms with Gasteiger partial charge < -0.3 is 10.4 Å². The topological polar surface area (TPSA) is 66.4 Å². The highest BCUT2D eigenvalue weighted by molar-refractivity contribution is 7.90. The molecule has 2 rings (SSSR count). The summed E-state index contributed by atoms with van der Waals surface area (Å²) in [5, 5.41) is 12.9. The monoisotopic (exact) mass is 305 g/mol. The zero-order chi connectivity index (χ0) is 15.6. The number of nitrogens with one attached hydrogen (secondary N) is 1. The molecule has 112 valence electrons. The molecule has 5 heteroatoms. The lowest BCUT2D eigenvalue weighted by molar-refractivity contribution is 0.466. The highest BCUT2D eigenvalue weighted by atomic mass is 32.2. The number of hydrogen-bond donors (Lipinski definition) is 2. The number of hydrogen-bond acceptors (Lipinski definition) is 4. The Morgan fingerprint density at radius 1 is 1.10 bits per heavy atom. The molecule has 4 nitrogen and oxygen atoms in total. The van der Waals surface area contributed by atoms with E-state index in [4.69, 9.17) is 0 Å². The van der Waals surface area contributed by atoms with E-state index < -0.39 is 9.84 Å². The second-order valence-corrected chi connectivity index (χ2v) is 7.18. The Hall–Kier alpha value is -2.01. The smallest absolute Gasteiger partial charge is 0.177 e. The summed E-state index contributed by atoms with van der Waals surface area (Å²) in [6.45, 7) is 4.18. The fourth-order valence-electron chi connectivity index (χ4n) is 2.28. The number of phenolic OH excluding ortho intramolecular Hbond substituents is 1. The number of aromatic hydroxyl groups is 1. The van der Waals surface area contributed by atoms with Crippen LogP contribution in [-0.4, -0.2) is 19.8 Å². The molecule has 0 spiro atoms. The minimum Gasteiger partial charge on any atom is -0.507 e. The maximum Gasteiger partial charge on any atom is 0.177 e. The van der Waals surface area contributed by atoms with E-state index in [1.165, 1.54) is 6.26 Å². The van der Waals surface area contributed by atoms with Crippen LogP contribution in [0.1, 0.15) is 16.7 Å². The van der Waals surface area contributed by atoms with Gasteiger partial charge in [0.25, 0.3) is 0 Å². The van der Waals surface area contributed by atoms with Gasteiger partial charge in [-0.2, -0.15) is 0 Å². The van der Waals surface area contributed by atoms with Crippen molar-refractivity contribution in [1.82, 2.24) is 0 Å². The molecule has 0 aliphatic rings. The van der Waals surface area contributed by atoms with Crippen molar-refractivity contribution >= 4 is 15.5 Å². The van der Waals surface area contributed by atoms with E-state index in [2.05, 4.69) is 5.32 Å². The van der Waals surface area contributed by atoms with Crippen molar-refractivity contribution in [3.8, 4) is 5.75 Å². The van der Waals surface area contributed by atoms with E-state index in [-0.39, 0.29) is 4.90 Å². The molecule has 0 saturated carbocycles. The van der Waals surface area contributed by atoms with Gasteiger partial charge in [0.05, 0.1) is 10.6 Å². The molecule has 0 heterocycles. The van der Waals surface area contributed by atoms with Crippen LogP contribution >= 0.6 is 0 Å². The lowest BCUT2D eigenvalue weighted by Gasteiger charge is -2.12. The predicted molar refractivity (Wildman–Crippen MR) is 84.5 cm³/mol. The predicted octanol–water partition coefficient (Wildman–Crippen LogP) is 3.02. The van der Waals surface area contributed by atoms with Crippen LogP contribution in [0.3, 0.4) is 0 Å². The number of benzene rings is 2. The van der Waals surface area contributed by atoms with Crippen molar-refractivity contribution in [2.45, 2.75) is 25.3 Å². The highest BCUT2D eigenvalue weighted by Gasteiger charge is 2.12. The van der Waals surface area contributed by atoms with E-state index in [1.807, 2.05) is 26.0 Å². The number of aryl methyl sites for hydroxylation is 2. The molecular weight excluding hydrogens is 286 g/mol. The van der Waals surface area contributed by atoms with Gasteiger partial charge in [-0.3, -0.25) is 0 Å². The Morgan fingerprint density at radius 2 is 1.67 bits per heavy atom. The summed E-state index contributed by atoms with van der Waals surface area (Å²) in [7, 11) is -3.26. The van der Waals surface area contributed by atoms with Crippen LogP contribution in [0.2, 0.25) is 0 Å². The SMILES string of the molecule is Cc1cc(CNc2ccccc2S(C)(=O)=O)cc(C)c1O. The summed E-state index contributed by atoms with van der Waals surface area (Å²) in [6.07, 6.45) is 1.20. The third kappa shape index (κ3) is 3.55. The summed E-state index contributed by atoms with van der Waals surface area (Å²) in [6, 6.07) is 10.6. The van der Waals surface area contributed by atoms with Gasteiger partial charge in [-0.1, -0.05) is 24.3 Å². The van der Waals surface area contributed by atoms with Crippen molar-refractivity contribution < 1.29 is 13.5 Å². The maximum atomic E-state index is 11.7. The number of rotatable bonds is 4. The van der Waals surface area contributed by atoms with Gasteiger partial charge in [-0.15, -0.1) is 0 Å². The molecule has 0 aromatic heterocycles. The minimum absolute atomic E-state index is 0.289. The lowest BCUT2D eigenvalue weighted by Crippen LogP contribution is -2.06. The third-order valence-electron chi connectivity index (χ3n) is 3.32. The standard InChI is InChI=1S/C16H19NO3S/c1-11-8-13(9-12(2)16(11)18)10-17-14-6-4-5-7-15(14)21(3,19)20/h4-9,17-18H,10H2,1-3H3. The second-order valence-electron chi connectivity index (χ2n) is 5.20. The van der Waals surface area contributed by atoms with E-state index in [1.54, 1.807) is 24.3 Å². The summed E-state index contributed by atoms with van der Waals surface area (Å²) in [5.41, 5.74) is 3.20. The average Bonchev–Trinajstić information content (AvgIpc) is 2.41. The molecule has 2 aromatic carbocycles. The Kier molecular flexibility index (Phi) is 4.23. The van der Waals surface area contributed by atoms with Gasteiger partial charge in [0.1, 0.15) is 5.75 Å². The molecular formula is C16H19NO3S. The Morgan fingerprint density at radius 3 is 2.24 bits per heavy atom. The van der Waals surface area contributed by atoms with Crippen LogP contribution in [-0.2, 0) is 16.4 Å². The lowest BCUT2D eigenvalue weighted by atomic mass is 10.1. The van der Waals surface area contributed by atoms with E-state index in [0.29, 0.717) is 18.0 Å². The Labute approximate surface area is 125 Å². The molecule has 0 aliphatic carbocycles. The molecule has 0 atom stereocenters. The molecule has 0 saturated heterocycles. The van der Waals surface area contributed by atoms with E-state index in [0.717, 1.165) is 16.7 Å². The van der Waals surface area contributed by atoms with Crippen molar-refractivity contribution in [1.29, 1.82) is 0 Å². The van der Waals surface area contributed by atoms with Crippen LogP contribution in [0, 0.1) is 13.8 Å². The molecule has 0 unspecified atom stereocenters. The quantitative estimate of drug-likeness (QED) is 0.911. The zero-order valence-electron chi connectivity index (χ0n) is 12.3. The van der Waals surface area contributed by atoms with Crippen molar-refractivity contribution in [3.63, 3.8) is 0 Å². The maximum absolute atomic E-state index is 11.7. The number of sulfone groups is 1. The first-order chi connectivity index (χ1) is 9.79. The van der Waals surface area contributed by atoms with Crippen molar-refractivity contribution in [3.05, 3.63) is 53.1 Å². The van der Waals surface area contributed by atoms with Gasteiger partial charge >= 0.3 is 0 Å². The molecule has 0 bridgehead atoms. The van der Waals surface area contributed by atoms with Crippen LogP contribution < -0.4 is 5.32 Å². The van der Waals surface area contributed by atoms with Gasteiger partial charge in [0, 0.05) is 12.8 Å². The van der Waals surface area contributed by atoms with Gasteiger partial charge in [0.2, 0.25) is 0 Å². The zero-order valence-corrected chi connectivity index (χ0v) is 13.2. The molecule has 2 N–H and O–H groups in total. The average molecular weight is 305 g/mol. The molecule has 0 radical (unpaired) electrons. The molecule has 2 aromatic rings. The van der Waals surface area contributed by atoms with Crippen molar-refractivity contribution in [2.75, 3.05) is 11.6 Å². The number of phenols is 1. The van der Waals surface area contributed by atoms with E-state index in [9.17, 15) is 13.5 Å². The first kappa shape index (κ1) is 15.4. The summed E-state index contributed by atoms with van der Waals surface area (Å²) >= 11 is 0. The van der Waals surface area contributed by atoms with E-state index >= 15 is 0 Å². The third-order valence-corrected chi connectivity index (χ3v) is 4.48. The summed E-state index contributed by atoms with van der Waals surface area (Å²) in [5.74, 6) is 0.301. The number of para-hydroxylation sites is 1. The van der Waals surface area contributed by atoms with Crippen molar-refractivity contribution in [2.24, 2.45) is 0 Å². The summed E-state index contributed by atoms with van der Waals surface area (Å²) in [4.78, 5) is 0.289.